The van der Waals surface area contributed by atoms with Crippen LogP contribution in [0.25, 0.3) is 0 Å². The molecule has 0 saturated heterocycles. The highest BCUT2D eigenvalue weighted by Gasteiger charge is 2.67. The molecular formula is C17H12Cl2F3NO. The fourth-order valence-corrected chi connectivity index (χ4v) is 3.61. The Morgan fingerprint density at radius 3 is 2.21 bits per heavy atom. The first-order chi connectivity index (χ1) is 11.2. The molecule has 2 nitrogen and oxygen atoms in total. The zero-order chi connectivity index (χ0) is 17.5. The van der Waals surface area contributed by atoms with Crippen molar-refractivity contribution in [2.75, 3.05) is 5.32 Å². The van der Waals surface area contributed by atoms with Crippen molar-refractivity contribution in [2.45, 2.75) is 16.4 Å². The van der Waals surface area contributed by atoms with Crippen LogP contribution in [0.15, 0.2) is 54.6 Å². The number of nitrogens with one attached hydrogen (secondary N) is 1. The predicted molar refractivity (Wildman–Crippen MR) is 87.2 cm³/mol. The minimum Gasteiger partial charge on any atom is -0.325 e. The first-order valence-electron chi connectivity index (χ1n) is 7.13. The first-order valence-corrected chi connectivity index (χ1v) is 7.88. The lowest BCUT2D eigenvalue weighted by Gasteiger charge is -2.13. The summed E-state index contributed by atoms with van der Waals surface area (Å²) in [5.41, 5.74) is -0.449. The Morgan fingerprint density at radius 2 is 1.58 bits per heavy atom. The lowest BCUT2D eigenvalue weighted by Crippen LogP contribution is -2.20. The zero-order valence-corrected chi connectivity index (χ0v) is 13.7. The average molecular weight is 374 g/mol. The molecule has 1 amide bonds. The number of hydrogen-bond acceptors (Lipinski definition) is 1. The molecule has 0 radical (unpaired) electrons. The number of rotatable bonds is 3. The van der Waals surface area contributed by atoms with Gasteiger partial charge >= 0.3 is 6.18 Å². The molecular weight excluding hydrogens is 362 g/mol. The molecule has 2 aromatic carbocycles. The third-order valence-electron chi connectivity index (χ3n) is 3.99. The van der Waals surface area contributed by atoms with E-state index < -0.39 is 33.8 Å². The number of benzene rings is 2. The van der Waals surface area contributed by atoms with Gasteiger partial charge in [0.15, 0.2) is 0 Å². The van der Waals surface area contributed by atoms with Crippen LogP contribution in [0.5, 0.6) is 0 Å². The van der Waals surface area contributed by atoms with E-state index in [1.54, 1.807) is 24.3 Å². The van der Waals surface area contributed by atoms with Gasteiger partial charge < -0.3 is 5.32 Å². The summed E-state index contributed by atoms with van der Waals surface area (Å²) in [5, 5.41) is 2.31. The van der Waals surface area contributed by atoms with Gasteiger partial charge in [-0.3, -0.25) is 4.79 Å². The highest BCUT2D eigenvalue weighted by Crippen LogP contribution is 2.65. The number of amides is 1. The summed E-state index contributed by atoms with van der Waals surface area (Å²) < 4.78 is 37.7. The lowest BCUT2D eigenvalue weighted by atomic mass is 10.1. The summed E-state index contributed by atoms with van der Waals surface area (Å²) in [6.45, 7) is 0. The van der Waals surface area contributed by atoms with Gasteiger partial charge in [-0.1, -0.05) is 42.5 Å². The van der Waals surface area contributed by atoms with Crippen molar-refractivity contribution < 1.29 is 18.0 Å². The molecule has 1 N–H and O–H groups in total. The number of carbonyl (C=O) groups excluding carboxylic acids is 1. The molecule has 1 aliphatic carbocycles. The number of alkyl halides is 5. The van der Waals surface area contributed by atoms with Gasteiger partial charge in [-0.05, 0) is 17.7 Å². The quantitative estimate of drug-likeness (QED) is 0.733. The molecule has 0 aliphatic heterocycles. The minimum absolute atomic E-state index is 0.308. The molecule has 0 unspecified atom stereocenters. The molecule has 1 aliphatic rings. The Balaban J connectivity index is 1.82. The van der Waals surface area contributed by atoms with Gasteiger partial charge in [-0.15, -0.1) is 23.2 Å². The van der Waals surface area contributed by atoms with Crippen LogP contribution in [0.1, 0.15) is 17.0 Å². The molecule has 126 valence electrons. The van der Waals surface area contributed by atoms with Crippen LogP contribution in [-0.2, 0) is 11.0 Å². The summed E-state index contributed by atoms with van der Waals surface area (Å²) >= 11 is 12.4. The summed E-state index contributed by atoms with van der Waals surface area (Å²) in [6, 6.07) is 13.7. The molecule has 0 heterocycles. The van der Waals surface area contributed by atoms with Gasteiger partial charge in [-0.2, -0.15) is 13.2 Å². The van der Waals surface area contributed by atoms with E-state index in [4.69, 9.17) is 23.2 Å². The van der Waals surface area contributed by atoms with Crippen LogP contribution in [0, 0.1) is 5.92 Å². The number of carbonyl (C=O) groups is 1. The zero-order valence-electron chi connectivity index (χ0n) is 12.1. The maximum Gasteiger partial charge on any atom is 0.418 e. The van der Waals surface area contributed by atoms with E-state index in [2.05, 4.69) is 5.32 Å². The molecule has 7 heteroatoms. The second-order valence-electron chi connectivity index (χ2n) is 5.57. The van der Waals surface area contributed by atoms with Gasteiger partial charge in [0.25, 0.3) is 0 Å². The van der Waals surface area contributed by atoms with Crippen LogP contribution in [0.2, 0.25) is 0 Å². The molecule has 2 atom stereocenters. The topological polar surface area (TPSA) is 29.1 Å². The standard InChI is InChI=1S/C17H12Cl2F3NO/c18-16(19)13(10-6-2-1-3-7-10)14(16)15(24)23-12-9-5-4-8-11(12)17(20,21)22/h1-9,13-14H,(H,23,24)/t13-,14-/m0/s1. The van der Waals surface area contributed by atoms with Gasteiger partial charge in [-0.25, -0.2) is 0 Å². The van der Waals surface area contributed by atoms with Gasteiger partial charge in [0.05, 0.1) is 17.2 Å². The summed E-state index contributed by atoms with van der Waals surface area (Å²) in [5.74, 6) is -1.91. The van der Waals surface area contributed by atoms with E-state index in [0.717, 1.165) is 11.6 Å². The van der Waals surface area contributed by atoms with Gasteiger partial charge in [0, 0.05) is 5.92 Å². The van der Waals surface area contributed by atoms with E-state index in [9.17, 15) is 18.0 Å². The first kappa shape index (κ1) is 17.1. The van der Waals surface area contributed by atoms with Crippen molar-refractivity contribution in [1.82, 2.24) is 0 Å². The Labute approximate surface area is 146 Å². The Kier molecular flexibility index (Phi) is 4.26. The largest absolute Gasteiger partial charge is 0.418 e. The molecule has 3 rings (SSSR count). The monoisotopic (exact) mass is 373 g/mol. The van der Waals surface area contributed by atoms with Crippen LogP contribution < -0.4 is 5.32 Å². The molecule has 0 aromatic heterocycles. The number of para-hydroxylation sites is 1. The van der Waals surface area contributed by atoms with E-state index in [-0.39, 0.29) is 5.69 Å². The van der Waals surface area contributed by atoms with E-state index >= 15 is 0 Å². The van der Waals surface area contributed by atoms with Crippen molar-refractivity contribution >= 4 is 34.8 Å². The number of anilines is 1. The highest BCUT2D eigenvalue weighted by molar-refractivity contribution is 6.53. The Morgan fingerprint density at radius 1 is 1.00 bits per heavy atom. The summed E-state index contributed by atoms with van der Waals surface area (Å²) in [6.07, 6.45) is -4.56. The third-order valence-corrected chi connectivity index (χ3v) is 4.93. The van der Waals surface area contributed by atoms with Crippen molar-refractivity contribution in [2.24, 2.45) is 5.92 Å². The summed E-state index contributed by atoms with van der Waals surface area (Å²) in [4.78, 5) is 12.4. The molecule has 0 bridgehead atoms. The van der Waals surface area contributed by atoms with Gasteiger partial charge in [0.2, 0.25) is 5.91 Å². The maximum absolute atomic E-state index is 13.0. The van der Waals surface area contributed by atoms with E-state index in [0.29, 0.717) is 0 Å². The fraction of sp³-hybridized carbons (Fsp3) is 0.235. The van der Waals surface area contributed by atoms with Crippen molar-refractivity contribution in [3.8, 4) is 0 Å². The predicted octanol–water partition coefficient (Wildman–Crippen LogP) is 5.23. The molecule has 1 fully saturated rings. The van der Waals surface area contributed by atoms with E-state index in [1.165, 1.54) is 18.2 Å². The van der Waals surface area contributed by atoms with Gasteiger partial charge in [0.1, 0.15) is 4.33 Å². The lowest BCUT2D eigenvalue weighted by molar-refractivity contribution is -0.137. The normalized spacial score (nSPS) is 22.0. The van der Waals surface area contributed by atoms with Crippen molar-refractivity contribution in [3.63, 3.8) is 0 Å². The molecule has 24 heavy (non-hydrogen) atoms. The number of hydrogen-bond donors (Lipinski definition) is 1. The second kappa shape index (κ2) is 5.97. The van der Waals surface area contributed by atoms with Crippen LogP contribution in [0.3, 0.4) is 0 Å². The van der Waals surface area contributed by atoms with Crippen molar-refractivity contribution in [1.29, 1.82) is 0 Å². The SMILES string of the molecule is O=C(Nc1ccccc1C(F)(F)F)[C@@H]1[C@H](c2ccccc2)C1(Cl)Cl. The van der Waals surface area contributed by atoms with Crippen LogP contribution in [0.4, 0.5) is 18.9 Å². The smallest absolute Gasteiger partial charge is 0.325 e. The summed E-state index contributed by atoms with van der Waals surface area (Å²) in [7, 11) is 0. The van der Waals surface area contributed by atoms with Crippen molar-refractivity contribution in [3.05, 3.63) is 65.7 Å². The van der Waals surface area contributed by atoms with E-state index in [1.807, 2.05) is 6.07 Å². The Bertz CT molecular complexity index is 762. The average Bonchev–Trinajstić information content (AvgIpc) is 3.10. The van der Waals surface area contributed by atoms with Crippen LogP contribution in [-0.4, -0.2) is 10.2 Å². The number of halogens is 5. The molecule has 1 saturated carbocycles. The third kappa shape index (κ3) is 3.10. The van der Waals surface area contributed by atoms with Crippen LogP contribution >= 0.6 is 23.2 Å². The maximum atomic E-state index is 13.0. The highest BCUT2D eigenvalue weighted by atomic mass is 35.5. The fourth-order valence-electron chi connectivity index (χ4n) is 2.78. The Hall–Kier alpha value is -1.72. The molecule has 0 spiro atoms. The molecule has 2 aromatic rings. The minimum atomic E-state index is -4.56. The second-order valence-corrected chi connectivity index (χ2v) is 7.02.